The molecule has 0 spiro atoms. The summed E-state index contributed by atoms with van der Waals surface area (Å²) >= 11 is 0. The fraction of sp³-hybridized carbons (Fsp3) is 0.385. The molecule has 0 aromatic carbocycles. The molecule has 0 aliphatic carbocycles. The molecule has 3 nitrogen and oxygen atoms in total. The first-order valence-corrected chi connectivity index (χ1v) is 5.45. The highest BCUT2D eigenvalue weighted by atomic mass is 19.3. The van der Waals surface area contributed by atoms with Crippen LogP contribution in [-0.2, 0) is 0 Å². The minimum absolute atomic E-state index is 0.153. The zero-order valence-corrected chi connectivity index (χ0v) is 11.2. The normalized spacial score (nSPS) is 12.6. The van der Waals surface area contributed by atoms with Gasteiger partial charge in [-0.15, -0.1) is 0 Å². The van der Waals surface area contributed by atoms with Crippen LogP contribution in [0.2, 0.25) is 0 Å². The molecule has 0 atom stereocenters. The van der Waals surface area contributed by atoms with E-state index in [4.69, 9.17) is 5.73 Å². The lowest BCUT2D eigenvalue weighted by Gasteiger charge is -2.21. The van der Waals surface area contributed by atoms with Crippen LogP contribution in [0.1, 0.15) is 0 Å². The molecule has 0 unspecified atom stereocenters. The number of halogens is 2. The van der Waals surface area contributed by atoms with E-state index in [0.29, 0.717) is 12.2 Å². The summed E-state index contributed by atoms with van der Waals surface area (Å²) in [7, 11) is 5.45. The summed E-state index contributed by atoms with van der Waals surface area (Å²) in [6.07, 6.45) is 1.63. The van der Waals surface area contributed by atoms with Crippen LogP contribution in [0.3, 0.4) is 0 Å². The van der Waals surface area contributed by atoms with Crippen LogP contribution in [0.15, 0.2) is 48.5 Å². The first kappa shape index (κ1) is 16.4. The van der Waals surface area contributed by atoms with Gasteiger partial charge in [-0.05, 0) is 6.08 Å². The topological polar surface area (TPSA) is 32.5 Å². The molecule has 0 saturated carbocycles. The van der Waals surface area contributed by atoms with E-state index in [1.165, 1.54) is 6.08 Å². The van der Waals surface area contributed by atoms with Gasteiger partial charge < -0.3 is 15.5 Å². The van der Waals surface area contributed by atoms with Crippen molar-refractivity contribution in [2.45, 2.75) is 6.43 Å². The highest BCUT2D eigenvalue weighted by Gasteiger charge is 2.08. The highest BCUT2D eigenvalue weighted by molar-refractivity contribution is 5.29. The van der Waals surface area contributed by atoms with Gasteiger partial charge >= 0.3 is 0 Å². The van der Waals surface area contributed by atoms with Gasteiger partial charge in [0.15, 0.2) is 0 Å². The molecule has 0 aliphatic heterocycles. The Kier molecular flexibility index (Phi) is 6.97. The van der Waals surface area contributed by atoms with Gasteiger partial charge in [0.05, 0.1) is 0 Å². The van der Waals surface area contributed by atoms with Crippen molar-refractivity contribution in [3.05, 3.63) is 48.5 Å². The molecule has 0 fully saturated rings. The van der Waals surface area contributed by atoms with Gasteiger partial charge in [-0.25, -0.2) is 8.78 Å². The van der Waals surface area contributed by atoms with Gasteiger partial charge in [-0.3, -0.25) is 0 Å². The number of nitrogens with two attached hydrogens (primary N) is 1. The van der Waals surface area contributed by atoms with E-state index < -0.39 is 6.43 Å². The first-order valence-electron chi connectivity index (χ1n) is 5.45. The van der Waals surface area contributed by atoms with Crippen molar-refractivity contribution in [3.8, 4) is 0 Å². The zero-order chi connectivity index (χ0) is 14.3. The Balaban J connectivity index is 4.95. The van der Waals surface area contributed by atoms with Crippen molar-refractivity contribution in [2.24, 2.45) is 5.73 Å². The van der Waals surface area contributed by atoms with E-state index in [1.54, 1.807) is 18.1 Å². The zero-order valence-electron chi connectivity index (χ0n) is 11.2. The number of nitrogens with zero attached hydrogens (tertiary/aromatic N) is 2. The molecule has 0 amide bonds. The molecule has 102 valence electrons. The van der Waals surface area contributed by atoms with E-state index in [2.05, 4.69) is 13.2 Å². The third kappa shape index (κ3) is 5.14. The first-order chi connectivity index (χ1) is 8.33. The van der Waals surface area contributed by atoms with E-state index in [1.807, 2.05) is 19.0 Å². The molecule has 0 aromatic heterocycles. The summed E-state index contributed by atoms with van der Waals surface area (Å²) in [5, 5.41) is 0. The van der Waals surface area contributed by atoms with E-state index >= 15 is 0 Å². The van der Waals surface area contributed by atoms with E-state index in [9.17, 15) is 8.78 Å². The van der Waals surface area contributed by atoms with Crippen LogP contribution >= 0.6 is 0 Å². The summed E-state index contributed by atoms with van der Waals surface area (Å²) in [5.41, 5.74) is 6.73. The maximum absolute atomic E-state index is 12.5. The van der Waals surface area contributed by atoms with Crippen molar-refractivity contribution in [3.63, 3.8) is 0 Å². The van der Waals surface area contributed by atoms with Gasteiger partial charge in [0.2, 0.25) is 0 Å². The molecule has 18 heavy (non-hydrogen) atoms. The minimum atomic E-state index is -2.56. The molecule has 0 bridgehead atoms. The minimum Gasteiger partial charge on any atom is -0.379 e. The number of hydrogen-bond acceptors (Lipinski definition) is 3. The fourth-order valence-corrected chi connectivity index (χ4v) is 1.16. The van der Waals surface area contributed by atoms with Crippen LogP contribution in [0.25, 0.3) is 0 Å². The lowest BCUT2D eigenvalue weighted by Crippen LogP contribution is -2.22. The second kappa shape index (κ2) is 7.66. The quantitative estimate of drug-likeness (QED) is 0.709. The Morgan fingerprint density at radius 1 is 1.33 bits per heavy atom. The number of allylic oxidation sites excluding steroid dienone is 3. The number of rotatable bonds is 7. The van der Waals surface area contributed by atoms with Gasteiger partial charge in [-0.1, -0.05) is 19.2 Å². The second-order valence-electron chi connectivity index (χ2n) is 3.97. The lowest BCUT2D eigenvalue weighted by atomic mass is 10.2. The SMILES string of the molecule is C=C/C(=C\C(=C)N(C)/C=C(/CN)N(C)C)C(F)F. The van der Waals surface area contributed by atoms with E-state index in [-0.39, 0.29) is 5.57 Å². The molecular formula is C13H21F2N3. The maximum Gasteiger partial charge on any atom is 0.263 e. The average Bonchev–Trinajstić information content (AvgIpc) is 2.31. The van der Waals surface area contributed by atoms with Gasteiger partial charge in [0.25, 0.3) is 6.43 Å². The van der Waals surface area contributed by atoms with Crippen molar-refractivity contribution >= 4 is 0 Å². The molecule has 0 aliphatic rings. The predicted octanol–water partition coefficient (Wildman–Crippen LogP) is 2.17. The number of likely N-dealkylation sites (N-methyl/N-ethyl adjacent to an activating group) is 2. The van der Waals surface area contributed by atoms with Gasteiger partial charge in [0.1, 0.15) is 0 Å². The molecule has 0 heterocycles. The van der Waals surface area contributed by atoms with Crippen molar-refractivity contribution in [2.75, 3.05) is 27.7 Å². The smallest absolute Gasteiger partial charge is 0.263 e. The standard InChI is InChI=1S/C13H21F2N3/c1-6-11(13(14)15)7-10(2)18(5)9-12(8-16)17(3)4/h6-7,9,13H,1-2,8,16H2,3-5H3/b11-7+,12-9-. The molecule has 2 N–H and O–H groups in total. The van der Waals surface area contributed by atoms with E-state index in [0.717, 1.165) is 11.8 Å². The Morgan fingerprint density at radius 2 is 1.89 bits per heavy atom. The Bertz CT molecular complexity index is 357. The molecule has 0 saturated heterocycles. The molecule has 0 radical (unpaired) electrons. The third-order valence-electron chi connectivity index (χ3n) is 2.40. The van der Waals surface area contributed by atoms with Crippen LogP contribution < -0.4 is 5.73 Å². The monoisotopic (exact) mass is 257 g/mol. The Morgan fingerprint density at radius 3 is 2.22 bits per heavy atom. The molecule has 0 aromatic rings. The fourth-order valence-electron chi connectivity index (χ4n) is 1.16. The maximum atomic E-state index is 12.5. The van der Waals surface area contributed by atoms with Crippen molar-refractivity contribution in [1.29, 1.82) is 0 Å². The van der Waals surface area contributed by atoms with Crippen LogP contribution in [0, 0.1) is 0 Å². The summed E-state index contributed by atoms with van der Waals surface area (Å²) in [6.45, 7) is 7.44. The van der Waals surface area contributed by atoms with Crippen LogP contribution in [-0.4, -0.2) is 43.9 Å². The van der Waals surface area contributed by atoms with Crippen molar-refractivity contribution in [1.82, 2.24) is 9.80 Å². The summed E-state index contributed by atoms with van der Waals surface area (Å²) in [6, 6.07) is 0. The lowest BCUT2D eigenvalue weighted by molar-refractivity contribution is 0.194. The van der Waals surface area contributed by atoms with Crippen LogP contribution in [0.5, 0.6) is 0 Å². The number of hydrogen-bond donors (Lipinski definition) is 1. The number of alkyl halides is 2. The Hall–Kier alpha value is -1.62. The van der Waals surface area contributed by atoms with Crippen molar-refractivity contribution < 1.29 is 8.78 Å². The second-order valence-corrected chi connectivity index (χ2v) is 3.97. The molecular weight excluding hydrogens is 236 g/mol. The molecule has 5 heteroatoms. The predicted molar refractivity (Wildman–Crippen MR) is 72.0 cm³/mol. The third-order valence-corrected chi connectivity index (χ3v) is 2.40. The largest absolute Gasteiger partial charge is 0.379 e. The van der Waals surface area contributed by atoms with Gasteiger partial charge in [-0.2, -0.15) is 0 Å². The van der Waals surface area contributed by atoms with Crippen LogP contribution in [0.4, 0.5) is 8.78 Å². The van der Waals surface area contributed by atoms with Gasteiger partial charge in [0, 0.05) is 50.9 Å². The molecule has 0 rings (SSSR count). The summed E-state index contributed by atoms with van der Waals surface area (Å²) < 4.78 is 25.1. The highest BCUT2D eigenvalue weighted by Crippen LogP contribution is 2.14. The Labute approximate surface area is 108 Å². The summed E-state index contributed by atoms with van der Waals surface area (Å²) in [4.78, 5) is 3.50. The summed E-state index contributed by atoms with van der Waals surface area (Å²) in [5.74, 6) is 0. The average molecular weight is 257 g/mol.